The van der Waals surface area contributed by atoms with Crippen molar-refractivity contribution < 1.29 is 9.53 Å². The molecular weight excluding hydrogens is 330 g/mol. The number of pyridine rings is 1. The van der Waals surface area contributed by atoms with Gasteiger partial charge in [0.2, 0.25) is 5.56 Å². The van der Waals surface area contributed by atoms with Gasteiger partial charge in [-0.2, -0.15) is 0 Å². The van der Waals surface area contributed by atoms with Crippen LogP contribution >= 0.6 is 0 Å². The molecule has 1 aromatic carbocycles. The number of H-pyrrole nitrogens is 1. The number of carbonyl (C=O) groups is 1. The first-order valence-electron chi connectivity index (χ1n) is 8.81. The molecule has 0 radical (unpaired) electrons. The van der Waals surface area contributed by atoms with Crippen molar-refractivity contribution >= 4 is 16.8 Å². The van der Waals surface area contributed by atoms with E-state index in [0.717, 1.165) is 29.5 Å². The van der Waals surface area contributed by atoms with E-state index in [1.807, 2.05) is 25.4 Å². The fourth-order valence-corrected chi connectivity index (χ4v) is 3.48. The van der Waals surface area contributed by atoms with Crippen LogP contribution in [-0.2, 0) is 7.05 Å². The Balaban J connectivity index is 1.42. The minimum absolute atomic E-state index is 0.0830. The largest absolute Gasteiger partial charge is 0.490 e. The maximum absolute atomic E-state index is 12.5. The summed E-state index contributed by atoms with van der Waals surface area (Å²) in [5.74, 6) is 0.756. The molecule has 0 saturated carbocycles. The molecule has 3 aromatic rings. The molecule has 0 unspecified atom stereocenters. The van der Waals surface area contributed by atoms with Crippen LogP contribution in [-0.4, -0.2) is 39.6 Å². The average molecular weight is 351 g/mol. The predicted octanol–water partition coefficient (Wildman–Crippen LogP) is 2.55. The summed E-state index contributed by atoms with van der Waals surface area (Å²) in [5.41, 5.74) is 1.22. The van der Waals surface area contributed by atoms with Crippen LogP contribution in [0, 0.1) is 0 Å². The second kappa shape index (κ2) is 6.71. The van der Waals surface area contributed by atoms with Crippen molar-refractivity contribution in [2.75, 3.05) is 13.1 Å². The lowest BCUT2D eigenvalue weighted by atomic mass is 10.1. The van der Waals surface area contributed by atoms with Crippen molar-refractivity contribution in [1.29, 1.82) is 0 Å². The van der Waals surface area contributed by atoms with E-state index in [1.165, 1.54) is 6.07 Å². The Morgan fingerprint density at radius 2 is 1.88 bits per heavy atom. The highest BCUT2D eigenvalue weighted by Gasteiger charge is 2.25. The zero-order valence-electron chi connectivity index (χ0n) is 14.6. The van der Waals surface area contributed by atoms with Crippen LogP contribution in [0.15, 0.2) is 53.5 Å². The standard InChI is InChI=1S/C20H21N3O3/c1-22-11-10-15-17(22)5-3-6-18(15)26-14-8-12-23(13-9-14)20(25)16-4-2-7-19(24)21-16/h2-7,10-11,14H,8-9,12-13H2,1H3,(H,21,24). The zero-order valence-corrected chi connectivity index (χ0v) is 14.6. The predicted molar refractivity (Wildman–Crippen MR) is 99.5 cm³/mol. The third-order valence-corrected chi connectivity index (χ3v) is 4.91. The number of aromatic nitrogens is 2. The monoisotopic (exact) mass is 351 g/mol. The van der Waals surface area contributed by atoms with Gasteiger partial charge in [-0.25, -0.2) is 0 Å². The first-order valence-corrected chi connectivity index (χ1v) is 8.81. The van der Waals surface area contributed by atoms with E-state index in [4.69, 9.17) is 4.74 Å². The molecule has 1 fully saturated rings. The first-order chi connectivity index (χ1) is 12.6. The molecule has 0 bridgehead atoms. The van der Waals surface area contributed by atoms with Gasteiger partial charge in [0.15, 0.2) is 0 Å². The number of aromatic amines is 1. The molecule has 1 saturated heterocycles. The third kappa shape index (κ3) is 3.10. The van der Waals surface area contributed by atoms with E-state index in [9.17, 15) is 9.59 Å². The molecule has 6 nitrogen and oxygen atoms in total. The molecule has 2 aromatic heterocycles. The van der Waals surface area contributed by atoms with Crippen molar-refractivity contribution in [3.63, 3.8) is 0 Å². The van der Waals surface area contributed by atoms with Gasteiger partial charge in [-0.1, -0.05) is 12.1 Å². The summed E-state index contributed by atoms with van der Waals surface area (Å²) in [6.07, 6.45) is 3.65. The number of likely N-dealkylation sites (tertiary alicyclic amines) is 1. The van der Waals surface area contributed by atoms with Gasteiger partial charge >= 0.3 is 0 Å². The van der Waals surface area contributed by atoms with Gasteiger partial charge in [-0.15, -0.1) is 0 Å². The van der Waals surface area contributed by atoms with Crippen molar-refractivity contribution in [3.8, 4) is 5.75 Å². The normalized spacial score (nSPS) is 15.3. The quantitative estimate of drug-likeness (QED) is 0.788. The van der Waals surface area contributed by atoms with E-state index >= 15 is 0 Å². The van der Waals surface area contributed by atoms with Gasteiger partial charge in [-0.3, -0.25) is 9.59 Å². The minimum Gasteiger partial charge on any atom is -0.490 e. The number of piperidine rings is 1. The number of amides is 1. The number of nitrogens with zero attached hydrogens (tertiary/aromatic N) is 2. The molecule has 0 atom stereocenters. The van der Waals surface area contributed by atoms with Crippen LogP contribution < -0.4 is 10.3 Å². The Hall–Kier alpha value is -3.02. The lowest BCUT2D eigenvalue weighted by Gasteiger charge is -2.32. The average Bonchev–Trinajstić information content (AvgIpc) is 3.04. The topological polar surface area (TPSA) is 67.3 Å². The lowest BCUT2D eigenvalue weighted by molar-refractivity contribution is 0.0592. The Kier molecular flexibility index (Phi) is 4.24. The van der Waals surface area contributed by atoms with Gasteiger partial charge in [0, 0.05) is 50.6 Å². The molecule has 26 heavy (non-hydrogen) atoms. The fourth-order valence-electron chi connectivity index (χ4n) is 3.48. The van der Waals surface area contributed by atoms with Crippen LogP contribution in [0.3, 0.4) is 0 Å². The Bertz CT molecular complexity index is 997. The zero-order chi connectivity index (χ0) is 18.1. The minimum atomic E-state index is -0.259. The summed E-state index contributed by atoms with van der Waals surface area (Å²) >= 11 is 0. The second-order valence-corrected chi connectivity index (χ2v) is 6.65. The summed E-state index contributed by atoms with van der Waals surface area (Å²) in [4.78, 5) is 28.3. The number of fused-ring (bicyclic) bond motifs is 1. The number of hydrogen-bond donors (Lipinski definition) is 1. The molecular formula is C20H21N3O3. The van der Waals surface area contributed by atoms with Gasteiger partial charge in [0.25, 0.3) is 5.91 Å². The molecule has 134 valence electrons. The molecule has 1 amide bonds. The van der Waals surface area contributed by atoms with E-state index in [2.05, 4.69) is 21.7 Å². The van der Waals surface area contributed by atoms with E-state index in [-0.39, 0.29) is 17.6 Å². The highest BCUT2D eigenvalue weighted by Crippen LogP contribution is 2.28. The molecule has 3 heterocycles. The third-order valence-electron chi connectivity index (χ3n) is 4.91. The maximum atomic E-state index is 12.5. The summed E-state index contributed by atoms with van der Waals surface area (Å²) < 4.78 is 8.30. The van der Waals surface area contributed by atoms with Crippen LogP contribution in [0.5, 0.6) is 5.75 Å². The number of nitrogens with one attached hydrogen (secondary N) is 1. The number of carbonyl (C=O) groups excluding carboxylic acids is 1. The molecule has 6 heteroatoms. The number of benzene rings is 1. The lowest BCUT2D eigenvalue weighted by Crippen LogP contribution is -2.42. The summed E-state index contributed by atoms with van der Waals surface area (Å²) in [7, 11) is 2.02. The van der Waals surface area contributed by atoms with Crippen LogP contribution in [0.1, 0.15) is 23.3 Å². The number of hydrogen-bond acceptors (Lipinski definition) is 3. The van der Waals surface area contributed by atoms with Gasteiger partial charge in [0.1, 0.15) is 17.5 Å². The van der Waals surface area contributed by atoms with E-state index in [0.29, 0.717) is 18.8 Å². The van der Waals surface area contributed by atoms with Crippen molar-refractivity contribution in [2.24, 2.45) is 7.05 Å². The number of rotatable bonds is 3. The fraction of sp³-hybridized carbons (Fsp3) is 0.300. The van der Waals surface area contributed by atoms with Crippen molar-refractivity contribution in [2.45, 2.75) is 18.9 Å². The highest BCUT2D eigenvalue weighted by molar-refractivity contribution is 5.92. The SMILES string of the molecule is Cn1ccc2c(OC3CCN(C(=O)c4cccc(=O)[nH]4)CC3)cccc21. The van der Waals surface area contributed by atoms with Crippen molar-refractivity contribution in [3.05, 3.63) is 64.7 Å². The second-order valence-electron chi connectivity index (χ2n) is 6.65. The molecule has 1 aliphatic heterocycles. The maximum Gasteiger partial charge on any atom is 0.270 e. The first kappa shape index (κ1) is 16.4. The molecule has 1 aliphatic rings. The Morgan fingerprint density at radius 3 is 2.65 bits per heavy atom. The molecule has 1 N–H and O–H groups in total. The van der Waals surface area contributed by atoms with Gasteiger partial charge < -0.3 is 19.2 Å². The van der Waals surface area contributed by atoms with E-state index < -0.39 is 0 Å². The number of aryl methyl sites for hydroxylation is 1. The number of ether oxygens (including phenoxy) is 1. The highest BCUT2D eigenvalue weighted by atomic mass is 16.5. The van der Waals surface area contributed by atoms with E-state index in [1.54, 1.807) is 17.0 Å². The van der Waals surface area contributed by atoms with Gasteiger partial charge in [0.05, 0.1) is 5.52 Å². The molecule has 0 aliphatic carbocycles. The molecule has 4 rings (SSSR count). The summed E-state index contributed by atoms with van der Waals surface area (Å²) in [6, 6.07) is 12.8. The van der Waals surface area contributed by atoms with Crippen LogP contribution in [0.2, 0.25) is 0 Å². The smallest absolute Gasteiger partial charge is 0.270 e. The summed E-state index contributed by atoms with van der Waals surface area (Å²) in [5, 5.41) is 1.11. The van der Waals surface area contributed by atoms with Gasteiger partial charge in [-0.05, 0) is 24.3 Å². The van der Waals surface area contributed by atoms with Crippen molar-refractivity contribution in [1.82, 2.24) is 14.5 Å². The summed E-state index contributed by atoms with van der Waals surface area (Å²) in [6.45, 7) is 1.23. The Labute approximate surface area is 151 Å². The molecule has 0 spiro atoms. The van der Waals surface area contributed by atoms with Crippen LogP contribution in [0.4, 0.5) is 0 Å². The Morgan fingerprint density at radius 1 is 1.12 bits per heavy atom. The van der Waals surface area contributed by atoms with Crippen LogP contribution in [0.25, 0.3) is 10.9 Å².